The molecule has 9 heteroatoms. The van der Waals surface area contributed by atoms with Gasteiger partial charge in [0, 0.05) is 30.4 Å². The summed E-state index contributed by atoms with van der Waals surface area (Å²) in [5.41, 5.74) is 0.922. The standard InChI is InChI=1S/C24H28ClN3O4S/c1-15-10-16(2)14-28(13-15)33(31,32)20-8-9-22(25)21(12-20)24(30)27-19-5-3-4-17(11-19)23(29)26-18-6-7-18/h3-5,8-9,11-12,15-16,18H,6-7,10,13-14H2,1-2H3,(H,26,29)(H,27,30)/t15-,16+. The van der Waals surface area contributed by atoms with Crippen LogP contribution in [0.4, 0.5) is 5.69 Å². The maximum Gasteiger partial charge on any atom is 0.257 e. The third kappa shape index (κ3) is 5.57. The number of rotatable bonds is 6. The molecule has 0 radical (unpaired) electrons. The maximum absolute atomic E-state index is 13.2. The van der Waals surface area contributed by atoms with Crippen molar-refractivity contribution in [3.8, 4) is 0 Å². The van der Waals surface area contributed by atoms with Crippen LogP contribution in [0.15, 0.2) is 47.4 Å². The molecule has 1 aliphatic carbocycles. The number of halogens is 1. The number of benzene rings is 2. The van der Waals surface area contributed by atoms with Gasteiger partial charge in [-0.25, -0.2) is 8.42 Å². The lowest BCUT2D eigenvalue weighted by atomic mass is 9.94. The van der Waals surface area contributed by atoms with Crippen LogP contribution in [-0.4, -0.2) is 43.7 Å². The van der Waals surface area contributed by atoms with Gasteiger partial charge in [0.05, 0.1) is 15.5 Å². The van der Waals surface area contributed by atoms with Crippen molar-refractivity contribution in [1.82, 2.24) is 9.62 Å². The van der Waals surface area contributed by atoms with E-state index in [-0.39, 0.29) is 39.3 Å². The molecule has 1 saturated carbocycles. The average Bonchev–Trinajstić information content (AvgIpc) is 3.57. The van der Waals surface area contributed by atoms with E-state index in [4.69, 9.17) is 11.6 Å². The van der Waals surface area contributed by atoms with Gasteiger partial charge in [0.2, 0.25) is 10.0 Å². The Morgan fingerprint density at radius 1 is 1.00 bits per heavy atom. The fourth-order valence-electron chi connectivity index (χ4n) is 4.22. The van der Waals surface area contributed by atoms with Crippen LogP contribution in [0.25, 0.3) is 0 Å². The topological polar surface area (TPSA) is 95.6 Å². The molecule has 0 aromatic heterocycles. The number of amides is 2. The summed E-state index contributed by atoms with van der Waals surface area (Å²) in [6.45, 7) is 4.98. The number of anilines is 1. The largest absolute Gasteiger partial charge is 0.349 e. The minimum absolute atomic E-state index is 0.0379. The molecule has 0 bridgehead atoms. The van der Waals surface area contributed by atoms with Gasteiger partial charge in [-0.1, -0.05) is 31.5 Å². The Bertz CT molecular complexity index is 1170. The van der Waals surface area contributed by atoms with E-state index in [1.54, 1.807) is 24.3 Å². The number of sulfonamides is 1. The fourth-order valence-corrected chi connectivity index (χ4v) is 6.13. The van der Waals surface area contributed by atoms with Gasteiger partial charge in [0.25, 0.3) is 11.8 Å². The molecule has 0 spiro atoms. The molecule has 7 nitrogen and oxygen atoms in total. The number of carbonyl (C=O) groups excluding carboxylic acids is 2. The third-order valence-electron chi connectivity index (χ3n) is 5.95. The highest BCUT2D eigenvalue weighted by molar-refractivity contribution is 7.89. The minimum Gasteiger partial charge on any atom is -0.349 e. The second-order valence-electron chi connectivity index (χ2n) is 9.19. The summed E-state index contributed by atoms with van der Waals surface area (Å²) >= 11 is 6.25. The quantitative estimate of drug-likeness (QED) is 0.637. The van der Waals surface area contributed by atoms with Gasteiger partial charge in [0.1, 0.15) is 0 Å². The van der Waals surface area contributed by atoms with E-state index in [1.165, 1.54) is 22.5 Å². The summed E-state index contributed by atoms with van der Waals surface area (Å²) in [5.74, 6) is -0.201. The maximum atomic E-state index is 13.2. The van der Waals surface area contributed by atoms with E-state index in [0.29, 0.717) is 24.3 Å². The third-order valence-corrected chi connectivity index (χ3v) is 8.11. The summed E-state index contributed by atoms with van der Waals surface area (Å²) in [5, 5.41) is 5.78. The first-order valence-electron chi connectivity index (χ1n) is 11.2. The molecule has 1 aliphatic heterocycles. The van der Waals surface area contributed by atoms with Gasteiger partial charge < -0.3 is 10.6 Å². The van der Waals surface area contributed by atoms with Crippen LogP contribution in [0.5, 0.6) is 0 Å². The van der Waals surface area contributed by atoms with E-state index in [2.05, 4.69) is 10.6 Å². The van der Waals surface area contributed by atoms with Crippen LogP contribution in [0, 0.1) is 11.8 Å². The highest BCUT2D eigenvalue weighted by Crippen LogP contribution is 2.29. The van der Waals surface area contributed by atoms with E-state index in [1.807, 2.05) is 13.8 Å². The second kappa shape index (κ2) is 9.44. The molecule has 2 atom stereocenters. The van der Waals surface area contributed by atoms with Crippen LogP contribution in [0.2, 0.25) is 5.02 Å². The molecule has 2 aromatic rings. The molecule has 2 N–H and O–H groups in total. The van der Waals surface area contributed by atoms with Gasteiger partial charge in [-0.3, -0.25) is 9.59 Å². The Hall–Kier alpha value is -2.42. The lowest BCUT2D eigenvalue weighted by Crippen LogP contribution is -2.42. The van der Waals surface area contributed by atoms with Crippen LogP contribution >= 0.6 is 11.6 Å². The molecule has 2 aromatic carbocycles. The zero-order valence-electron chi connectivity index (χ0n) is 18.7. The number of carbonyl (C=O) groups is 2. The van der Waals surface area contributed by atoms with E-state index in [9.17, 15) is 18.0 Å². The summed E-state index contributed by atoms with van der Waals surface area (Å²) in [4.78, 5) is 25.3. The smallest absolute Gasteiger partial charge is 0.257 e. The first kappa shape index (κ1) is 23.7. The van der Waals surface area contributed by atoms with Crippen molar-refractivity contribution < 1.29 is 18.0 Å². The minimum atomic E-state index is -3.76. The van der Waals surface area contributed by atoms with E-state index >= 15 is 0 Å². The predicted octanol–water partition coefficient (Wildman–Crippen LogP) is 4.15. The molecule has 2 aliphatic rings. The highest BCUT2D eigenvalue weighted by atomic mass is 35.5. The molecule has 4 rings (SSSR count). The normalized spacial score (nSPS) is 21.4. The van der Waals surface area contributed by atoms with Crippen molar-refractivity contribution in [2.75, 3.05) is 18.4 Å². The summed E-state index contributed by atoms with van der Waals surface area (Å²) in [6, 6.07) is 11.0. The fraction of sp³-hybridized carbons (Fsp3) is 0.417. The molecule has 2 fully saturated rings. The predicted molar refractivity (Wildman–Crippen MR) is 128 cm³/mol. The summed E-state index contributed by atoms with van der Waals surface area (Å²) in [6.07, 6.45) is 2.95. The number of piperidine rings is 1. The molecule has 0 unspecified atom stereocenters. The Balaban J connectivity index is 1.54. The number of nitrogens with one attached hydrogen (secondary N) is 2. The van der Waals surface area contributed by atoms with Crippen molar-refractivity contribution in [3.05, 3.63) is 58.6 Å². The Morgan fingerprint density at radius 2 is 1.70 bits per heavy atom. The molecular weight excluding hydrogens is 462 g/mol. The molecule has 176 valence electrons. The first-order valence-corrected chi connectivity index (χ1v) is 13.0. The number of hydrogen-bond acceptors (Lipinski definition) is 4. The number of hydrogen-bond donors (Lipinski definition) is 2. The van der Waals surface area contributed by atoms with Crippen molar-refractivity contribution in [1.29, 1.82) is 0 Å². The molecule has 33 heavy (non-hydrogen) atoms. The van der Waals surface area contributed by atoms with Crippen molar-refractivity contribution in [3.63, 3.8) is 0 Å². The lowest BCUT2D eigenvalue weighted by Gasteiger charge is -2.34. The van der Waals surface area contributed by atoms with Gasteiger partial charge in [-0.15, -0.1) is 0 Å². The Morgan fingerprint density at radius 3 is 2.36 bits per heavy atom. The summed E-state index contributed by atoms with van der Waals surface area (Å²) < 4.78 is 28.0. The van der Waals surface area contributed by atoms with Crippen LogP contribution in [0.3, 0.4) is 0 Å². The second-order valence-corrected chi connectivity index (χ2v) is 11.5. The van der Waals surface area contributed by atoms with E-state index < -0.39 is 15.9 Å². The first-order chi connectivity index (χ1) is 15.6. The van der Waals surface area contributed by atoms with Crippen molar-refractivity contribution >= 4 is 39.1 Å². The van der Waals surface area contributed by atoms with Gasteiger partial charge >= 0.3 is 0 Å². The van der Waals surface area contributed by atoms with Crippen LogP contribution in [0.1, 0.15) is 53.8 Å². The zero-order chi connectivity index (χ0) is 23.8. The highest BCUT2D eigenvalue weighted by Gasteiger charge is 2.32. The van der Waals surface area contributed by atoms with Gasteiger partial charge in [0.15, 0.2) is 0 Å². The molecule has 2 amide bonds. The Kier molecular flexibility index (Phi) is 6.79. The molecule has 1 heterocycles. The van der Waals surface area contributed by atoms with Crippen LogP contribution in [-0.2, 0) is 10.0 Å². The Labute approximate surface area is 199 Å². The monoisotopic (exact) mass is 489 g/mol. The molecule has 1 saturated heterocycles. The van der Waals surface area contributed by atoms with Gasteiger partial charge in [-0.05, 0) is 67.5 Å². The molecular formula is C24H28ClN3O4S. The number of nitrogens with zero attached hydrogens (tertiary/aromatic N) is 1. The van der Waals surface area contributed by atoms with E-state index in [0.717, 1.165) is 19.3 Å². The van der Waals surface area contributed by atoms with Crippen LogP contribution < -0.4 is 10.6 Å². The van der Waals surface area contributed by atoms with Crippen molar-refractivity contribution in [2.24, 2.45) is 11.8 Å². The van der Waals surface area contributed by atoms with Crippen molar-refractivity contribution in [2.45, 2.75) is 44.0 Å². The van der Waals surface area contributed by atoms with Gasteiger partial charge in [-0.2, -0.15) is 4.31 Å². The summed E-state index contributed by atoms with van der Waals surface area (Å²) in [7, 11) is -3.76. The lowest BCUT2D eigenvalue weighted by molar-refractivity contribution is 0.0949. The zero-order valence-corrected chi connectivity index (χ0v) is 20.2. The SMILES string of the molecule is C[C@@H]1C[C@H](C)CN(S(=O)(=O)c2ccc(Cl)c(C(=O)Nc3cccc(C(=O)NC4CC4)c3)c2)C1. The average molecular weight is 490 g/mol.